The topological polar surface area (TPSA) is 67.9 Å². The predicted molar refractivity (Wildman–Crippen MR) is 138 cm³/mol. The summed E-state index contributed by atoms with van der Waals surface area (Å²) in [6.07, 6.45) is -0.147. The highest BCUT2D eigenvalue weighted by atomic mass is 16.6. The highest BCUT2D eigenvalue weighted by Gasteiger charge is 2.19. The maximum Gasteiger partial charge on any atom is 0.410 e. The molecule has 0 aliphatic carbocycles. The highest BCUT2D eigenvalue weighted by Crippen LogP contribution is 2.20. The van der Waals surface area contributed by atoms with Crippen molar-refractivity contribution < 1.29 is 19.1 Å². The molecule has 0 spiro atoms. The molecule has 0 fully saturated rings. The molecule has 184 valence electrons. The van der Waals surface area contributed by atoms with Gasteiger partial charge in [-0.15, -0.1) is 0 Å². The summed E-state index contributed by atoms with van der Waals surface area (Å²) in [4.78, 5) is 25.6. The molecule has 0 atom stereocenters. The summed E-state index contributed by atoms with van der Waals surface area (Å²) in [5.74, 6) is 0.648. The Labute approximate surface area is 207 Å². The normalized spacial score (nSPS) is 11.0. The largest absolute Gasteiger partial charge is 0.489 e. The van der Waals surface area contributed by atoms with Crippen molar-refractivity contribution in [1.82, 2.24) is 10.2 Å². The summed E-state index contributed by atoms with van der Waals surface area (Å²) < 4.78 is 11.2. The minimum atomic E-state index is -0.544. The van der Waals surface area contributed by atoms with E-state index in [1.807, 2.05) is 63.2 Å². The van der Waals surface area contributed by atoms with Crippen molar-refractivity contribution in [1.29, 1.82) is 0 Å². The Morgan fingerprint density at radius 3 is 2.06 bits per heavy atom. The van der Waals surface area contributed by atoms with Crippen LogP contribution in [0.5, 0.6) is 5.75 Å². The third-order valence-corrected chi connectivity index (χ3v) is 5.23. The fourth-order valence-corrected chi connectivity index (χ4v) is 3.34. The number of nitrogens with one attached hydrogen (secondary N) is 1. The lowest BCUT2D eigenvalue weighted by atomic mass is 10.0. The molecule has 0 saturated carbocycles. The van der Waals surface area contributed by atoms with E-state index >= 15 is 0 Å². The average Bonchev–Trinajstić information content (AvgIpc) is 2.83. The molecule has 3 aromatic rings. The number of hydrogen-bond donors (Lipinski definition) is 1. The molecular weight excluding hydrogens is 440 g/mol. The van der Waals surface area contributed by atoms with Gasteiger partial charge in [0, 0.05) is 20.1 Å². The van der Waals surface area contributed by atoms with Gasteiger partial charge in [0.2, 0.25) is 5.91 Å². The molecule has 3 rings (SSSR count). The van der Waals surface area contributed by atoms with Crippen molar-refractivity contribution in [3.8, 4) is 16.9 Å². The Morgan fingerprint density at radius 1 is 0.829 bits per heavy atom. The number of carbonyl (C=O) groups is 2. The van der Waals surface area contributed by atoms with E-state index in [4.69, 9.17) is 9.47 Å². The first-order valence-corrected chi connectivity index (χ1v) is 11.8. The van der Waals surface area contributed by atoms with Crippen LogP contribution in [-0.2, 0) is 22.6 Å². The van der Waals surface area contributed by atoms with E-state index in [-0.39, 0.29) is 12.3 Å². The maximum absolute atomic E-state index is 12.2. The number of amides is 2. The second kappa shape index (κ2) is 12.1. The number of hydrogen-bond acceptors (Lipinski definition) is 4. The standard InChI is InChI=1S/C29H34N2O4/c1-29(2,3)35-28(33)31(4)19-18-30-27(32)20-22-12-16-26(17-13-22)34-21-23-10-14-25(15-11-23)24-8-6-5-7-9-24/h5-17H,18-21H2,1-4H3,(H,30,32). The molecule has 0 radical (unpaired) electrons. The van der Waals surface area contributed by atoms with Crippen LogP contribution in [0.2, 0.25) is 0 Å². The van der Waals surface area contributed by atoms with Crippen LogP contribution in [0.25, 0.3) is 11.1 Å². The van der Waals surface area contributed by atoms with Crippen molar-refractivity contribution in [2.45, 2.75) is 39.4 Å². The van der Waals surface area contributed by atoms with E-state index in [0.29, 0.717) is 19.7 Å². The second-order valence-electron chi connectivity index (χ2n) is 9.42. The molecule has 1 N–H and O–H groups in total. The van der Waals surface area contributed by atoms with Crippen molar-refractivity contribution in [2.24, 2.45) is 0 Å². The van der Waals surface area contributed by atoms with E-state index in [1.54, 1.807) is 7.05 Å². The van der Waals surface area contributed by atoms with E-state index in [9.17, 15) is 9.59 Å². The number of ether oxygens (including phenoxy) is 2. The van der Waals surface area contributed by atoms with Gasteiger partial charge >= 0.3 is 6.09 Å². The third kappa shape index (κ3) is 8.81. The van der Waals surface area contributed by atoms with Crippen LogP contribution in [0.15, 0.2) is 78.9 Å². The molecule has 35 heavy (non-hydrogen) atoms. The first kappa shape index (κ1) is 25.8. The quantitative estimate of drug-likeness (QED) is 0.447. The molecular formula is C29H34N2O4. The van der Waals surface area contributed by atoms with Gasteiger partial charge in [-0.1, -0.05) is 66.7 Å². The molecule has 6 nitrogen and oxygen atoms in total. The lowest BCUT2D eigenvalue weighted by Gasteiger charge is -2.24. The third-order valence-electron chi connectivity index (χ3n) is 5.23. The van der Waals surface area contributed by atoms with Gasteiger partial charge in [-0.05, 0) is 55.2 Å². The number of nitrogens with zero attached hydrogens (tertiary/aromatic N) is 1. The summed E-state index contributed by atoms with van der Waals surface area (Å²) in [5.41, 5.74) is 3.80. The Balaban J connectivity index is 1.39. The smallest absolute Gasteiger partial charge is 0.410 e. The van der Waals surface area contributed by atoms with E-state index in [0.717, 1.165) is 16.9 Å². The molecule has 0 bridgehead atoms. The van der Waals surface area contributed by atoms with Crippen molar-refractivity contribution in [3.63, 3.8) is 0 Å². The SMILES string of the molecule is CN(CCNC(=O)Cc1ccc(OCc2ccc(-c3ccccc3)cc2)cc1)C(=O)OC(C)(C)C. The number of rotatable bonds is 9. The van der Waals surface area contributed by atoms with Gasteiger partial charge in [0.15, 0.2) is 0 Å². The summed E-state index contributed by atoms with van der Waals surface area (Å²) in [7, 11) is 1.65. The number of likely N-dealkylation sites (N-methyl/N-ethyl adjacent to an activating group) is 1. The van der Waals surface area contributed by atoms with Gasteiger partial charge in [0.05, 0.1) is 6.42 Å². The van der Waals surface area contributed by atoms with Gasteiger partial charge in [0.25, 0.3) is 0 Å². The zero-order chi connectivity index (χ0) is 25.3. The highest BCUT2D eigenvalue weighted by molar-refractivity contribution is 5.78. The molecule has 0 aliphatic rings. The number of benzene rings is 3. The lowest BCUT2D eigenvalue weighted by molar-refractivity contribution is -0.120. The monoisotopic (exact) mass is 474 g/mol. The Morgan fingerprint density at radius 2 is 1.43 bits per heavy atom. The summed E-state index contributed by atoms with van der Waals surface area (Å²) in [6, 6.07) is 26.1. The summed E-state index contributed by atoms with van der Waals surface area (Å²) in [5, 5.41) is 2.84. The Kier molecular flexibility index (Phi) is 8.90. The van der Waals surface area contributed by atoms with Crippen molar-refractivity contribution >= 4 is 12.0 Å². The Bertz CT molecular complexity index is 1090. The molecule has 0 saturated heterocycles. The first-order valence-electron chi connectivity index (χ1n) is 11.8. The first-order chi connectivity index (χ1) is 16.7. The van der Waals surface area contributed by atoms with Crippen LogP contribution in [0.3, 0.4) is 0 Å². The molecule has 0 aliphatic heterocycles. The van der Waals surface area contributed by atoms with Crippen LogP contribution < -0.4 is 10.1 Å². The molecule has 6 heteroatoms. The predicted octanol–water partition coefficient (Wildman–Crippen LogP) is 5.46. The molecule has 2 amide bonds. The second-order valence-corrected chi connectivity index (χ2v) is 9.42. The van der Waals surface area contributed by atoms with E-state index < -0.39 is 11.7 Å². The van der Waals surface area contributed by atoms with E-state index in [2.05, 4.69) is 41.7 Å². The lowest BCUT2D eigenvalue weighted by Crippen LogP contribution is -2.39. The summed E-state index contributed by atoms with van der Waals surface area (Å²) in [6.45, 7) is 6.67. The van der Waals surface area contributed by atoms with Crippen LogP contribution in [-0.4, -0.2) is 42.6 Å². The number of carbonyl (C=O) groups excluding carboxylic acids is 2. The van der Waals surface area contributed by atoms with Gasteiger partial charge in [-0.3, -0.25) is 4.79 Å². The van der Waals surface area contributed by atoms with E-state index in [1.165, 1.54) is 16.0 Å². The zero-order valence-electron chi connectivity index (χ0n) is 20.9. The minimum absolute atomic E-state index is 0.102. The fraction of sp³-hybridized carbons (Fsp3) is 0.310. The molecule has 0 heterocycles. The molecule has 0 aromatic heterocycles. The summed E-state index contributed by atoms with van der Waals surface area (Å²) >= 11 is 0. The fourth-order valence-electron chi connectivity index (χ4n) is 3.34. The molecule has 0 unspecified atom stereocenters. The Hall–Kier alpha value is -3.80. The van der Waals surface area contributed by atoms with Gasteiger partial charge in [-0.25, -0.2) is 4.79 Å². The van der Waals surface area contributed by atoms with Crippen molar-refractivity contribution in [2.75, 3.05) is 20.1 Å². The zero-order valence-corrected chi connectivity index (χ0v) is 20.9. The van der Waals surface area contributed by atoms with Crippen molar-refractivity contribution in [3.05, 3.63) is 90.0 Å². The molecule has 3 aromatic carbocycles. The van der Waals surface area contributed by atoms with Crippen LogP contribution >= 0.6 is 0 Å². The average molecular weight is 475 g/mol. The van der Waals surface area contributed by atoms with Crippen LogP contribution in [0.1, 0.15) is 31.9 Å². The maximum atomic E-state index is 12.2. The van der Waals surface area contributed by atoms with Crippen LogP contribution in [0, 0.1) is 0 Å². The van der Waals surface area contributed by atoms with Crippen LogP contribution in [0.4, 0.5) is 4.79 Å². The van der Waals surface area contributed by atoms with Gasteiger partial charge in [-0.2, -0.15) is 0 Å². The minimum Gasteiger partial charge on any atom is -0.489 e. The van der Waals surface area contributed by atoms with Gasteiger partial charge < -0.3 is 19.7 Å². The van der Waals surface area contributed by atoms with Gasteiger partial charge in [0.1, 0.15) is 18.0 Å².